The average molecular weight is 285 g/mol. The van der Waals surface area contributed by atoms with Crippen molar-refractivity contribution in [2.75, 3.05) is 5.73 Å². The fourth-order valence-corrected chi connectivity index (χ4v) is 1.70. The van der Waals surface area contributed by atoms with Gasteiger partial charge in [0.2, 0.25) is 0 Å². The first-order chi connectivity index (χ1) is 8.90. The third kappa shape index (κ3) is 2.48. The minimum atomic E-state index is -1.39. The van der Waals surface area contributed by atoms with Crippen molar-refractivity contribution in [1.29, 1.82) is 0 Å². The van der Waals surface area contributed by atoms with Gasteiger partial charge in [-0.3, -0.25) is 0 Å². The zero-order chi connectivity index (χ0) is 14.2. The first kappa shape index (κ1) is 13.2. The number of aromatic nitrogens is 1. The monoisotopic (exact) mass is 284 g/mol. The average Bonchev–Trinajstić information content (AvgIpc) is 2.32. The summed E-state index contributed by atoms with van der Waals surface area (Å²) in [4.78, 5) is 14.7. The predicted octanol–water partition coefficient (Wildman–Crippen LogP) is 2.96. The molecule has 0 saturated carbocycles. The van der Waals surface area contributed by atoms with Crippen LogP contribution in [0.25, 0.3) is 11.3 Å². The topological polar surface area (TPSA) is 76.2 Å². The van der Waals surface area contributed by atoms with Gasteiger partial charge in [0.05, 0.1) is 16.4 Å². The molecule has 0 unspecified atom stereocenters. The van der Waals surface area contributed by atoms with Gasteiger partial charge in [0, 0.05) is 11.6 Å². The third-order valence-corrected chi connectivity index (χ3v) is 2.79. The number of benzene rings is 1. The highest BCUT2D eigenvalue weighted by Gasteiger charge is 2.17. The Hall–Kier alpha value is -2.21. The Bertz CT molecular complexity index is 677. The van der Waals surface area contributed by atoms with Crippen molar-refractivity contribution in [2.24, 2.45) is 0 Å². The molecule has 4 nitrogen and oxygen atoms in total. The van der Waals surface area contributed by atoms with E-state index in [0.29, 0.717) is 6.07 Å². The SMILES string of the molecule is Nc1cc(-c2ccc(F)cc2F)nc(C(=O)O)c1Cl. The summed E-state index contributed by atoms with van der Waals surface area (Å²) < 4.78 is 26.4. The Morgan fingerprint density at radius 2 is 2.00 bits per heavy atom. The molecule has 0 atom stereocenters. The van der Waals surface area contributed by atoms with Crippen LogP contribution in [0.5, 0.6) is 0 Å². The number of hydrogen-bond donors (Lipinski definition) is 2. The molecule has 19 heavy (non-hydrogen) atoms. The molecule has 0 saturated heterocycles. The van der Waals surface area contributed by atoms with Gasteiger partial charge >= 0.3 is 5.97 Å². The van der Waals surface area contributed by atoms with E-state index in [1.807, 2.05) is 0 Å². The summed E-state index contributed by atoms with van der Waals surface area (Å²) in [7, 11) is 0. The second-order valence-corrected chi connectivity index (χ2v) is 4.07. The van der Waals surface area contributed by atoms with Crippen LogP contribution in [-0.2, 0) is 0 Å². The van der Waals surface area contributed by atoms with Gasteiger partial charge in [-0.2, -0.15) is 0 Å². The highest BCUT2D eigenvalue weighted by Crippen LogP contribution is 2.29. The van der Waals surface area contributed by atoms with Crippen molar-refractivity contribution in [1.82, 2.24) is 4.98 Å². The van der Waals surface area contributed by atoms with Crippen molar-refractivity contribution in [3.63, 3.8) is 0 Å². The maximum absolute atomic E-state index is 13.6. The number of aromatic carboxylic acids is 1. The van der Waals surface area contributed by atoms with E-state index in [0.717, 1.165) is 12.1 Å². The van der Waals surface area contributed by atoms with Crippen LogP contribution in [0.4, 0.5) is 14.5 Å². The summed E-state index contributed by atoms with van der Waals surface area (Å²) in [6, 6.07) is 4.07. The molecule has 2 aromatic rings. The lowest BCUT2D eigenvalue weighted by atomic mass is 10.1. The molecule has 2 rings (SSSR count). The zero-order valence-electron chi connectivity index (χ0n) is 9.32. The molecule has 1 aromatic heterocycles. The first-order valence-corrected chi connectivity index (χ1v) is 5.42. The highest BCUT2D eigenvalue weighted by molar-refractivity contribution is 6.35. The molecule has 0 spiro atoms. The summed E-state index contributed by atoms with van der Waals surface area (Å²) in [5.74, 6) is -3.01. The summed E-state index contributed by atoms with van der Waals surface area (Å²) in [5, 5.41) is 8.70. The molecular weight excluding hydrogens is 278 g/mol. The lowest BCUT2D eigenvalue weighted by molar-refractivity contribution is 0.0691. The fourth-order valence-electron chi connectivity index (χ4n) is 1.53. The van der Waals surface area contributed by atoms with Crippen molar-refractivity contribution in [3.8, 4) is 11.3 Å². The van der Waals surface area contributed by atoms with Gasteiger partial charge in [-0.1, -0.05) is 11.6 Å². The largest absolute Gasteiger partial charge is 0.476 e. The number of nitrogens with two attached hydrogens (primary N) is 1. The van der Waals surface area contributed by atoms with Crippen LogP contribution < -0.4 is 5.73 Å². The van der Waals surface area contributed by atoms with E-state index >= 15 is 0 Å². The van der Waals surface area contributed by atoms with Crippen LogP contribution in [0.15, 0.2) is 24.3 Å². The van der Waals surface area contributed by atoms with E-state index in [1.54, 1.807) is 0 Å². The molecular formula is C12H7ClF2N2O2. The Morgan fingerprint density at radius 1 is 1.32 bits per heavy atom. The molecule has 1 aromatic carbocycles. The second kappa shape index (κ2) is 4.81. The molecule has 3 N–H and O–H groups in total. The molecule has 0 amide bonds. The normalized spacial score (nSPS) is 10.5. The fraction of sp³-hybridized carbons (Fsp3) is 0. The molecule has 7 heteroatoms. The molecule has 0 aliphatic heterocycles. The molecule has 0 bridgehead atoms. The molecule has 0 aliphatic carbocycles. The maximum atomic E-state index is 13.6. The Balaban J connectivity index is 2.66. The molecule has 0 fully saturated rings. The summed E-state index contributed by atoms with van der Waals surface area (Å²) in [6.07, 6.45) is 0. The van der Waals surface area contributed by atoms with Gasteiger partial charge in [0.1, 0.15) is 11.6 Å². The van der Waals surface area contributed by atoms with Gasteiger partial charge in [-0.25, -0.2) is 18.6 Å². The van der Waals surface area contributed by atoms with Crippen molar-refractivity contribution in [2.45, 2.75) is 0 Å². The number of carboxylic acid groups (broad SMARTS) is 1. The zero-order valence-corrected chi connectivity index (χ0v) is 10.1. The number of rotatable bonds is 2. The van der Waals surface area contributed by atoms with E-state index < -0.39 is 23.3 Å². The lowest BCUT2D eigenvalue weighted by Gasteiger charge is -2.08. The van der Waals surface area contributed by atoms with Crippen LogP contribution in [0, 0.1) is 11.6 Å². The number of halogens is 3. The predicted molar refractivity (Wildman–Crippen MR) is 66.0 cm³/mol. The smallest absolute Gasteiger partial charge is 0.356 e. The highest BCUT2D eigenvalue weighted by atomic mass is 35.5. The van der Waals surface area contributed by atoms with Crippen LogP contribution in [-0.4, -0.2) is 16.1 Å². The Kier molecular flexibility index (Phi) is 3.35. The number of anilines is 1. The lowest BCUT2D eigenvalue weighted by Crippen LogP contribution is -2.05. The van der Waals surface area contributed by atoms with Gasteiger partial charge in [0.25, 0.3) is 0 Å². The van der Waals surface area contributed by atoms with E-state index in [2.05, 4.69) is 4.98 Å². The first-order valence-electron chi connectivity index (χ1n) is 5.05. The summed E-state index contributed by atoms with van der Waals surface area (Å²) in [5.41, 5.74) is 4.92. The number of carbonyl (C=O) groups is 1. The number of nitrogens with zero attached hydrogens (tertiary/aromatic N) is 1. The van der Waals surface area contributed by atoms with Crippen LogP contribution in [0.1, 0.15) is 10.5 Å². The Morgan fingerprint density at radius 3 is 2.58 bits per heavy atom. The van der Waals surface area contributed by atoms with E-state index in [-0.39, 0.29) is 22.0 Å². The summed E-state index contributed by atoms with van der Waals surface area (Å²) >= 11 is 5.69. The molecule has 0 radical (unpaired) electrons. The number of hydrogen-bond acceptors (Lipinski definition) is 3. The Labute approximate surface area is 111 Å². The van der Waals surface area contributed by atoms with Gasteiger partial charge in [-0.15, -0.1) is 0 Å². The molecule has 1 heterocycles. The second-order valence-electron chi connectivity index (χ2n) is 3.69. The van der Waals surface area contributed by atoms with E-state index in [9.17, 15) is 13.6 Å². The van der Waals surface area contributed by atoms with E-state index in [4.69, 9.17) is 22.4 Å². The van der Waals surface area contributed by atoms with Crippen molar-refractivity contribution < 1.29 is 18.7 Å². The maximum Gasteiger partial charge on any atom is 0.356 e. The minimum Gasteiger partial charge on any atom is -0.476 e. The van der Waals surface area contributed by atoms with Crippen molar-refractivity contribution >= 4 is 23.3 Å². The van der Waals surface area contributed by atoms with Gasteiger partial charge < -0.3 is 10.8 Å². The number of nitrogen functional groups attached to an aromatic ring is 1. The van der Waals surface area contributed by atoms with E-state index in [1.165, 1.54) is 6.07 Å². The van der Waals surface area contributed by atoms with Gasteiger partial charge in [-0.05, 0) is 18.2 Å². The number of carboxylic acids is 1. The van der Waals surface area contributed by atoms with Gasteiger partial charge in [0.15, 0.2) is 5.69 Å². The molecule has 98 valence electrons. The van der Waals surface area contributed by atoms with Crippen molar-refractivity contribution in [3.05, 3.63) is 46.6 Å². The minimum absolute atomic E-state index is 0.0307. The molecule has 0 aliphatic rings. The number of pyridine rings is 1. The van der Waals surface area contributed by atoms with Crippen LogP contribution >= 0.6 is 11.6 Å². The summed E-state index contributed by atoms with van der Waals surface area (Å²) in [6.45, 7) is 0. The third-order valence-electron chi connectivity index (χ3n) is 2.40. The quantitative estimate of drug-likeness (QED) is 0.889. The van der Waals surface area contributed by atoms with Crippen LogP contribution in [0.2, 0.25) is 5.02 Å². The van der Waals surface area contributed by atoms with Crippen LogP contribution in [0.3, 0.4) is 0 Å². The standard InChI is InChI=1S/C12H7ClF2N2O2/c13-10-8(16)4-9(17-11(10)12(18)19)6-2-1-5(14)3-7(6)15/h1-4H,(H2,16,17)(H,18,19).